The number of alkyl halides is 3. The van der Waals surface area contributed by atoms with Crippen LogP contribution in [0.15, 0.2) is 39.5 Å². The van der Waals surface area contributed by atoms with Crippen LogP contribution in [0.5, 0.6) is 0 Å². The van der Waals surface area contributed by atoms with Gasteiger partial charge in [-0.15, -0.1) is 11.3 Å². The van der Waals surface area contributed by atoms with E-state index in [9.17, 15) is 22.8 Å². The van der Waals surface area contributed by atoms with E-state index in [-0.39, 0.29) is 5.41 Å². The van der Waals surface area contributed by atoms with Gasteiger partial charge in [-0.2, -0.15) is 23.4 Å². The van der Waals surface area contributed by atoms with Crippen LogP contribution in [0.3, 0.4) is 0 Å². The lowest BCUT2D eigenvalue weighted by Crippen LogP contribution is -2.45. The van der Waals surface area contributed by atoms with Crippen molar-refractivity contribution in [2.24, 2.45) is 7.05 Å². The number of fused-ring (bicyclic) bond motifs is 2. The van der Waals surface area contributed by atoms with Gasteiger partial charge < -0.3 is 5.11 Å². The molecule has 0 aliphatic carbocycles. The van der Waals surface area contributed by atoms with Crippen molar-refractivity contribution in [3.05, 3.63) is 66.9 Å². The van der Waals surface area contributed by atoms with Gasteiger partial charge in [0.15, 0.2) is 0 Å². The molecule has 5 rings (SSSR count). The van der Waals surface area contributed by atoms with Crippen molar-refractivity contribution >= 4 is 17.3 Å². The largest absolute Gasteiger partial charge is 0.490 e. The number of carboxylic acids is 1. The Kier molecular flexibility index (Phi) is 6.68. The van der Waals surface area contributed by atoms with Crippen molar-refractivity contribution in [2.45, 2.75) is 44.1 Å². The molecule has 1 unspecified atom stereocenters. The lowest BCUT2D eigenvalue weighted by Gasteiger charge is -2.23. The number of nitrogens with zero attached hydrogens (tertiary/aromatic N) is 6. The van der Waals surface area contributed by atoms with Gasteiger partial charge in [-0.3, -0.25) is 23.7 Å². The summed E-state index contributed by atoms with van der Waals surface area (Å²) < 4.78 is 36.5. The van der Waals surface area contributed by atoms with Crippen molar-refractivity contribution in [3.8, 4) is 0 Å². The highest BCUT2D eigenvalue weighted by molar-refractivity contribution is 7.09. The molecule has 1 N–H and O–H groups in total. The van der Waals surface area contributed by atoms with E-state index >= 15 is 0 Å². The Morgan fingerprint density at radius 3 is 2.51 bits per heavy atom. The number of carboxylic acid groups (broad SMARTS) is 1. The topological polar surface area (TPSA) is 115 Å². The fraction of sp³-hybridized carbons (Fsp3) is 0.476. The van der Waals surface area contributed by atoms with Gasteiger partial charge >= 0.3 is 23.3 Å². The van der Waals surface area contributed by atoms with Gasteiger partial charge in [0, 0.05) is 48.7 Å². The summed E-state index contributed by atoms with van der Waals surface area (Å²) in [5.74, 6) is -1.98. The molecule has 3 aromatic heterocycles. The molecule has 0 saturated carbocycles. The van der Waals surface area contributed by atoms with Crippen LogP contribution in [0.2, 0.25) is 0 Å². The third-order valence-electron chi connectivity index (χ3n) is 6.15. The Bertz CT molecular complexity index is 1330. The van der Waals surface area contributed by atoms with E-state index in [0.29, 0.717) is 13.1 Å². The second-order valence-electron chi connectivity index (χ2n) is 8.64. The quantitative estimate of drug-likeness (QED) is 0.526. The molecule has 188 valence electrons. The number of hydrogen-bond donors (Lipinski definition) is 1. The van der Waals surface area contributed by atoms with Gasteiger partial charge in [-0.25, -0.2) is 9.48 Å². The molecule has 5 heterocycles. The number of aliphatic carboxylic acids is 1. The predicted octanol–water partition coefficient (Wildman–Crippen LogP) is 1.43. The molecular weight excluding hydrogens is 489 g/mol. The van der Waals surface area contributed by atoms with Crippen molar-refractivity contribution in [3.63, 3.8) is 0 Å². The third kappa shape index (κ3) is 5.22. The number of thiophene rings is 1. The molecule has 35 heavy (non-hydrogen) atoms. The number of likely N-dealkylation sites (tertiary alicyclic amines) is 1. The van der Waals surface area contributed by atoms with Gasteiger partial charge in [-0.05, 0) is 30.8 Å². The normalized spacial score (nSPS) is 19.5. The molecule has 10 nitrogen and oxygen atoms in total. The number of hydrogen-bond acceptors (Lipinski definition) is 7. The van der Waals surface area contributed by atoms with E-state index in [1.165, 1.54) is 10.2 Å². The molecule has 1 saturated heterocycles. The minimum Gasteiger partial charge on any atom is -0.475 e. The molecule has 14 heteroatoms. The molecule has 2 aliphatic heterocycles. The maximum absolute atomic E-state index is 12.7. The summed E-state index contributed by atoms with van der Waals surface area (Å²) in [5.41, 5.74) is 0.0702. The second-order valence-corrected chi connectivity index (χ2v) is 9.67. The summed E-state index contributed by atoms with van der Waals surface area (Å²) in [5, 5.41) is 18.0. The summed E-state index contributed by atoms with van der Waals surface area (Å²) in [4.78, 5) is 37.5. The molecule has 0 amide bonds. The summed E-state index contributed by atoms with van der Waals surface area (Å²) >= 11 is 1.57. The Morgan fingerprint density at radius 2 is 1.91 bits per heavy atom. The zero-order valence-electron chi connectivity index (χ0n) is 18.7. The average molecular weight is 513 g/mol. The van der Waals surface area contributed by atoms with Crippen LogP contribution in [0, 0.1) is 0 Å². The standard InChI is InChI=1S/C19H22N6O2S.C2HF3O2/c1-22-10-14(9-20-22)11-23-6-4-19(13-23)5-7-24-16(26)17(27)25(21-18(19)24)12-15-3-2-8-28-15;3-2(4,5)1(6)7/h2-3,8-10H,4-7,11-13H2,1H3;(H,6,7). The summed E-state index contributed by atoms with van der Waals surface area (Å²) in [6, 6.07) is 3.91. The molecule has 1 fully saturated rings. The van der Waals surface area contributed by atoms with Crippen LogP contribution in [0.1, 0.15) is 29.1 Å². The maximum atomic E-state index is 12.7. The minimum atomic E-state index is -5.08. The fourth-order valence-electron chi connectivity index (χ4n) is 4.52. The van der Waals surface area contributed by atoms with Crippen molar-refractivity contribution < 1.29 is 23.1 Å². The minimum absolute atomic E-state index is 0.147. The molecule has 2 aliphatic rings. The molecule has 1 spiro atoms. The highest BCUT2D eigenvalue weighted by atomic mass is 32.1. The van der Waals surface area contributed by atoms with Crippen LogP contribution in [0.25, 0.3) is 0 Å². The SMILES string of the molecule is Cn1cc(CN2CCC3(CCn4c3nn(Cc3cccs3)c(=O)c4=O)C2)cn1.O=C(O)C(F)(F)F. The van der Waals surface area contributed by atoms with Gasteiger partial charge in [0.1, 0.15) is 5.82 Å². The maximum Gasteiger partial charge on any atom is 0.490 e. The van der Waals surface area contributed by atoms with Crippen LogP contribution >= 0.6 is 11.3 Å². The Hall–Kier alpha value is -3.26. The smallest absolute Gasteiger partial charge is 0.475 e. The van der Waals surface area contributed by atoms with Gasteiger partial charge in [0.05, 0.1) is 12.7 Å². The third-order valence-corrected chi connectivity index (χ3v) is 7.01. The Morgan fingerprint density at radius 1 is 1.20 bits per heavy atom. The van der Waals surface area contributed by atoms with E-state index in [2.05, 4.69) is 10.00 Å². The first-order chi connectivity index (χ1) is 16.5. The van der Waals surface area contributed by atoms with E-state index in [0.717, 1.165) is 43.2 Å². The van der Waals surface area contributed by atoms with Gasteiger partial charge in [-0.1, -0.05) is 6.07 Å². The molecule has 0 aromatic carbocycles. The first kappa shape index (κ1) is 24.9. The molecule has 0 bridgehead atoms. The molecular formula is C21H23F3N6O4S. The highest BCUT2D eigenvalue weighted by Gasteiger charge is 2.47. The molecule has 0 radical (unpaired) electrons. The van der Waals surface area contributed by atoms with Crippen LogP contribution in [-0.2, 0) is 36.9 Å². The van der Waals surface area contributed by atoms with Crippen molar-refractivity contribution in [1.29, 1.82) is 0 Å². The van der Waals surface area contributed by atoms with Gasteiger partial charge in [0.2, 0.25) is 0 Å². The van der Waals surface area contributed by atoms with E-state index < -0.39 is 23.3 Å². The number of carbonyl (C=O) groups is 1. The second kappa shape index (κ2) is 9.41. The first-order valence-electron chi connectivity index (χ1n) is 10.7. The van der Waals surface area contributed by atoms with E-state index in [1.54, 1.807) is 15.9 Å². The number of rotatable bonds is 4. The highest BCUT2D eigenvalue weighted by Crippen LogP contribution is 2.40. The van der Waals surface area contributed by atoms with Crippen LogP contribution in [-0.4, -0.2) is 59.4 Å². The van der Waals surface area contributed by atoms with E-state index in [4.69, 9.17) is 15.0 Å². The lowest BCUT2D eigenvalue weighted by atomic mass is 9.85. The predicted molar refractivity (Wildman–Crippen MR) is 119 cm³/mol. The zero-order valence-corrected chi connectivity index (χ0v) is 19.6. The monoisotopic (exact) mass is 512 g/mol. The van der Waals surface area contributed by atoms with Crippen molar-refractivity contribution in [2.75, 3.05) is 13.1 Å². The molecule has 1 atom stereocenters. The summed E-state index contributed by atoms with van der Waals surface area (Å²) in [6.45, 7) is 3.58. The van der Waals surface area contributed by atoms with E-state index in [1.807, 2.05) is 41.6 Å². The van der Waals surface area contributed by atoms with Crippen LogP contribution in [0.4, 0.5) is 13.2 Å². The zero-order chi connectivity index (χ0) is 25.4. The van der Waals surface area contributed by atoms with Gasteiger partial charge in [0.25, 0.3) is 0 Å². The first-order valence-corrected chi connectivity index (χ1v) is 11.6. The van der Waals surface area contributed by atoms with Crippen LogP contribution < -0.4 is 11.1 Å². The van der Waals surface area contributed by atoms with Crippen molar-refractivity contribution in [1.82, 2.24) is 29.0 Å². The fourth-order valence-corrected chi connectivity index (χ4v) is 5.21. The molecule has 3 aromatic rings. The number of halogens is 3. The summed E-state index contributed by atoms with van der Waals surface area (Å²) in [7, 11) is 1.92. The Labute approximate surface area is 200 Å². The average Bonchev–Trinajstić information content (AvgIpc) is 3.57. The lowest BCUT2D eigenvalue weighted by molar-refractivity contribution is -0.192. The number of aromatic nitrogens is 5. The summed E-state index contributed by atoms with van der Waals surface area (Å²) in [6.07, 6.45) is 0.669. The number of aryl methyl sites for hydroxylation is 1. The Balaban J connectivity index is 0.000000364.